The van der Waals surface area contributed by atoms with Gasteiger partial charge in [0.25, 0.3) is 0 Å². The number of nitrogens with two attached hydrogens (primary N) is 1. The molecule has 2 rings (SSSR count). The van der Waals surface area contributed by atoms with Gasteiger partial charge in [-0.2, -0.15) is 0 Å². The molecule has 0 amide bonds. The molecule has 1 heterocycles. The van der Waals surface area contributed by atoms with E-state index in [0.717, 1.165) is 36.2 Å². The van der Waals surface area contributed by atoms with Crippen LogP contribution in [0, 0.1) is 0 Å². The maximum absolute atomic E-state index is 9.39. The van der Waals surface area contributed by atoms with Crippen molar-refractivity contribution in [2.24, 2.45) is 5.73 Å². The first-order valence-electron chi connectivity index (χ1n) is 6.04. The van der Waals surface area contributed by atoms with E-state index in [1.807, 2.05) is 25.1 Å². The third-order valence-electron chi connectivity index (χ3n) is 2.87. The second-order valence-electron chi connectivity index (χ2n) is 4.34. The molecular formula is C13H19N3O. The van der Waals surface area contributed by atoms with Crippen LogP contribution in [0.2, 0.25) is 0 Å². The number of benzene rings is 1. The van der Waals surface area contributed by atoms with Crippen molar-refractivity contribution < 1.29 is 5.11 Å². The van der Waals surface area contributed by atoms with Crippen molar-refractivity contribution in [3.63, 3.8) is 0 Å². The molecule has 4 nitrogen and oxygen atoms in total. The minimum absolute atomic E-state index is 0.290. The van der Waals surface area contributed by atoms with Crippen LogP contribution in [-0.4, -0.2) is 27.3 Å². The van der Waals surface area contributed by atoms with Crippen LogP contribution in [0.25, 0.3) is 11.0 Å². The minimum atomic E-state index is -0.290. The van der Waals surface area contributed by atoms with E-state index < -0.39 is 0 Å². The number of aryl methyl sites for hydroxylation is 1. The van der Waals surface area contributed by atoms with E-state index in [9.17, 15) is 5.11 Å². The molecule has 0 saturated carbocycles. The molecule has 1 atom stereocenters. The highest BCUT2D eigenvalue weighted by Crippen LogP contribution is 2.17. The fraction of sp³-hybridized carbons (Fsp3) is 0.462. The number of aliphatic hydroxyl groups excluding tert-OH is 1. The quantitative estimate of drug-likeness (QED) is 0.818. The first kappa shape index (κ1) is 12.1. The Morgan fingerprint density at radius 3 is 2.88 bits per heavy atom. The van der Waals surface area contributed by atoms with Gasteiger partial charge in [0.2, 0.25) is 0 Å². The van der Waals surface area contributed by atoms with Crippen LogP contribution in [0.1, 0.15) is 19.2 Å². The Morgan fingerprint density at radius 1 is 1.41 bits per heavy atom. The Labute approximate surface area is 101 Å². The Bertz CT molecular complexity index is 490. The number of nitrogens with zero attached hydrogens (tertiary/aromatic N) is 2. The smallest absolute Gasteiger partial charge is 0.111 e. The third-order valence-corrected chi connectivity index (χ3v) is 2.87. The van der Waals surface area contributed by atoms with Gasteiger partial charge in [0.05, 0.1) is 17.1 Å². The van der Waals surface area contributed by atoms with Crippen molar-refractivity contribution in [1.82, 2.24) is 9.55 Å². The van der Waals surface area contributed by atoms with Crippen molar-refractivity contribution in [3.8, 4) is 0 Å². The van der Waals surface area contributed by atoms with E-state index in [0.29, 0.717) is 6.54 Å². The molecule has 0 aliphatic heterocycles. The summed E-state index contributed by atoms with van der Waals surface area (Å²) in [7, 11) is 0. The number of hydrogen-bond acceptors (Lipinski definition) is 3. The van der Waals surface area contributed by atoms with Crippen molar-refractivity contribution in [3.05, 3.63) is 30.1 Å². The van der Waals surface area contributed by atoms with E-state index in [-0.39, 0.29) is 6.10 Å². The van der Waals surface area contributed by atoms with Gasteiger partial charge in [-0.25, -0.2) is 4.98 Å². The number of imidazole rings is 1. The van der Waals surface area contributed by atoms with Crippen molar-refractivity contribution in [2.45, 2.75) is 32.4 Å². The van der Waals surface area contributed by atoms with Gasteiger partial charge in [0.1, 0.15) is 5.82 Å². The van der Waals surface area contributed by atoms with E-state index in [2.05, 4.69) is 15.6 Å². The molecule has 2 aromatic rings. The Hall–Kier alpha value is -1.39. The van der Waals surface area contributed by atoms with Gasteiger partial charge in [0.15, 0.2) is 0 Å². The second kappa shape index (κ2) is 5.29. The minimum Gasteiger partial charge on any atom is -0.393 e. The summed E-state index contributed by atoms with van der Waals surface area (Å²) in [5, 5.41) is 9.39. The van der Waals surface area contributed by atoms with Gasteiger partial charge in [-0.15, -0.1) is 0 Å². The number of hydrogen-bond donors (Lipinski definition) is 2. The lowest BCUT2D eigenvalue weighted by atomic mass is 10.2. The molecule has 0 bridgehead atoms. The second-order valence-corrected chi connectivity index (χ2v) is 4.34. The summed E-state index contributed by atoms with van der Waals surface area (Å²) in [5.74, 6) is 1.01. The fourth-order valence-corrected chi connectivity index (χ4v) is 2.01. The summed E-state index contributed by atoms with van der Waals surface area (Å²) in [6, 6.07) is 8.06. The summed E-state index contributed by atoms with van der Waals surface area (Å²) in [6.45, 7) is 3.19. The molecule has 0 radical (unpaired) electrons. The molecule has 4 heteroatoms. The highest BCUT2D eigenvalue weighted by molar-refractivity contribution is 5.75. The van der Waals surface area contributed by atoms with E-state index in [1.54, 1.807) is 0 Å². The molecule has 0 aliphatic carbocycles. The van der Waals surface area contributed by atoms with Crippen LogP contribution in [0.4, 0.5) is 0 Å². The largest absolute Gasteiger partial charge is 0.393 e. The van der Waals surface area contributed by atoms with Gasteiger partial charge >= 0.3 is 0 Å². The predicted molar refractivity (Wildman–Crippen MR) is 68.8 cm³/mol. The van der Waals surface area contributed by atoms with Gasteiger partial charge in [0, 0.05) is 13.0 Å². The molecule has 0 fully saturated rings. The number of fused-ring (bicyclic) bond motifs is 1. The van der Waals surface area contributed by atoms with Crippen molar-refractivity contribution in [2.75, 3.05) is 6.54 Å². The Morgan fingerprint density at radius 2 is 2.18 bits per heavy atom. The SMILES string of the molecule is CC(O)CCn1c(CCN)nc2ccccc21. The zero-order chi connectivity index (χ0) is 12.3. The van der Waals surface area contributed by atoms with Crippen LogP contribution in [0.15, 0.2) is 24.3 Å². The lowest BCUT2D eigenvalue weighted by Crippen LogP contribution is -2.13. The average Bonchev–Trinajstić information content (AvgIpc) is 2.64. The van der Waals surface area contributed by atoms with E-state index in [4.69, 9.17) is 5.73 Å². The molecule has 17 heavy (non-hydrogen) atoms. The fourth-order valence-electron chi connectivity index (χ4n) is 2.01. The standard InChI is InChI=1S/C13H19N3O/c1-10(17)7-9-16-12-5-3-2-4-11(12)15-13(16)6-8-14/h2-5,10,17H,6-9,14H2,1H3. The molecule has 1 unspecified atom stereocenters. The van der Waals surface area contributed by atoms with Crippen LogP contribution in [0.3, 0.4) is 0 Å². The zero-order valence-electron chi connectivity index (χ0n) is 10.1. The van der Waals surface area contributed by atoms with Crippen molar-refractivity contribution >= 4 is 11.0 Å². The summed E-state index contributed by atoms with van der Waals surface area (Å²) in [6.07, 6.45) is 1.22. The first-order chi connectivity index (χ1) is 8.22. The lowest BCUT2D eigenvalue weighted by Gasteiger charge is -2.10. The number of aliphatic hydroxyl groups is 1. The van der Waals surface area contributed by atoms with Crippen LogP contribution in [-0.2, 0) is 13.0 Å². The highest BCUT2D eigenvalue weighted by Gasteiger charge is 2.09. The molecule has 0 spiro atoms. The normalized spacial score (nSPS) is 13.1. The summed E-state index contributed by atoms with van der Waals surface area (Å²) >= 11 is 0. The third kappa shape index (κ3) is 2.65. The van der Waals surface area contributed by atoms with E-state index >= 15 is 0 Å². The molecule has 92 valence electrons. The summed E-state index contributed by atoms with van der Waals surface area (Å²) < 4.78 is 2.16. The summed E-state index contributed by atoms with van der Waals surface area (Å²) in [5.41, 5.74) is 7.73. The van der Waals surface area contributed by atoms with Crippen LogP contribution < -0.4 is 5.73 Å². The zero-order valence-corrected chi connectivity index (χ0v) is 10.1. The van der Waals surface area contributed by atoms with Crippen molar-refractivity contribution in [1.29, 1.82) is 0 Å². The summed E-state index contributed by atoms with van der Waals surface area (Å²) in [4.78, 5) is 4.58. The average molecular weight is 233 g/mol. The maximum Gasteiger partial charge on any atom is 0.111 e. The number of aromatic nitrogens is 2. The predicted octanol–water partition coefficient (Wildman–Crippen LogP) is 1.31. The van der Waals surface area contributed by atoms with E-state index in [1.165, 1.54) is 0 Å². The monoisotopic (exact) mass is 233 g/mol. The molecule has 3 N–H and O–H groups in total. The Kier molecular flexibility index (Phi) is 3.76. The van der Waals surface area contributed by atoms with Gasteiger partial charge in [-0.1, -0.05) is 12.1 Å². The van der Waals surface area contributed by atoms with Gasteiger partial charge in [-0.3, -0.25) is 0 Å². The maximum atomic E-state index is 9.39. The van der Waals surface area contributed by atoms with Crippen LogP contribution >= 0.6 is 0 Å². The molecular weight excluding hydrogens is 214 g/mol. The molecule has 0 aliphatic rings. The molecule has 1 aromatic carbocycles. The molecule has 0 saturated heterocycles. The van der Waals surface area contributed by atoms with Gasteiger partial charge < -0.3 is 15.4 Å². The Balaban J connectivity index is 2.37. The van der Waals surface area contributed by atoms with Gasteiger partial charge in [-0.05, 0) is 32.0 Å². The molecule has 1 aromatic heterocycles. The lowest BCUT2D eigenvalue weighted by molar-refractivity contribution is 0.178. The topological polar surface area (TPSA) is 64.1 Å². The highest BCUT2D eigenvalue weighted by atomic mass is 16.3. The van der Waals surface area contributed by atoms with Crippen LogP contribution in [0.5, 0.6) is 0 Å². The first-order valence-corrected chi connectivity index (χ1v) is 6.04. The number of rotatable bonds is 5. The number of para-hydroxylation sites is 2.